The zero-order chi connectivity index (χ0) is 22.1. The highest BCUT2D eigenvalue weighted by Crippen LogP contribution is 2.47. The lowest BCUT2D eigenvalue weighted by molar-refractivity contribution is -0.289. The quantitative estimate of drug-likeness (QED) is 0.447. The van der Waals surface area contributed by atoms with Crippen LogP contribution in [0.3, 0.4) is 0 Å². The minimum atomic E-state index is -5.98. The molecule has 3 rings (SSSR count). The third-order valence-electron chi connectivity index (χ3n) is 4.37. The summed E-state index contributed by atoms with van der Waals surface area (Å²) >= 11 is 0. The number of halogens is 5. The Labute approximate surface area is 167 Å². The van der Waals surface area contributed by atoms with E-state index in [0.29, 0.717) is 11.6 Å². The number of nitrogens with zero attached hydrogens (tertiary/aromatic N) is 4. The highest BCUT2D eigenvalue weighted by Gasteiger charge is 2.60. The monoisotopic (exact) mass is 420 g/mol. The summed E-state index contributed by atoms with van der Waals surface area (Å²) in [4.78, 5) is 23.3. The third-order valence-corrected chi connectivity index (χ3v) is 4.37. The minimum absolute atomic E-state index is 0.0857. The molecule has 5 nitrogen and oxygen atoms in total. The van der Waals surface area contributed by atoms with Crippen LogP contribution in [0.1, 0.15) is 16.7 Å². The summed E-state index contributed by atoms with van der Waals surface area (Å²) in [5.74, 6) is -5.40. The van der Waals surface area contributed by atoms with Gasteiger partial charge in [-0.3, -0.25) is 14.8 Å². The van der Waals surface area contributed by atoms with Crippen molar-refractivity contribution in [2.24, 2.45) is 0 Å². The van der Waals surface area contributed by atoms with Crippen molar-refractivity contribution in [2.45, 2.75) is 25.6 Å². The van der Waals surface area contributed by atoms with Gasteiger partial charge in [-0.1, -0.05) is 29.8 Å². The molecule has 2 heterocycles. The molecule has 0 aliphatic carbocycles. The van der Waals surface area contributed by atoms with E-state index in [1.807, 2.05) is 6.92 Å². The lowest BCUT2D eigenvalue weighted by atomic mass is 10.0. The molecule has 0 amide bonds. The van der Waals surface area contributed by atoms with Crippen LogP contribution >= 0.6 is 0 Å². The first-order valence-corrected chi connectivity index (χ1v) is 8.48. The Bertz CT molecular complexity index is 1160. The standard InChI is InChI=1S/C20H13F5N4O/c1-12-3-5-13(6-4-12)11-29-16(15-10-27-7-8-28-15)9-14(17(26-2)18(29)30)19(21,22)20(23,24)25/h3-10H,11H2,1H3. The second-order valence-electron chi connectivity index (χ2n) is 6.44. The normalized spacial score (nSPS) is 11.9. The molecule has 0 N–H and O–H groups in total. The van der Waals surface area contributed by atoms with Crippen molar-refractivity contribution in [3.8, 4) is 11.4 Å². The Balaban J connectivity index is 2.33. The summed E-state index contributed by atoms with van der Waals surface area (Å²) in [7, 11) is 0. The van der Waals surface area contributed by atoms with Gasteiger partial charge in [0.2, 0.25) is 0 Å². The van der Waals surface area contributed by atoms with Gasteiger partial charge in [-0.15, -0.1) is 0 Å². The first-order chi connectivity index (χ1) is 14.1. The van der Waals surface area contributed by atoms with Crippen LogP contribution < -0.4 is 5.56 Å². The topological polar surface area (TPSA) is 52.1 Å². The van der Waals surface area contributed by atoms with Gasteiger partial charge in [0.15, 0.2) is 0 Å². The predicted octanol–water partition coefficient (Wildman–Crippen LogP) is 4.87. The SMILES string of the molecule is [C-]#[N+]c1c(C(F)(F)C(F)(F)F)cc(-c2cnccn2)n(Cc2ccc(C)cc2)c1=O. The number of rotatable bonds is 4. The molecule has 0 fully saturated rings. The average Bonchev–Trinajstić information content (AvgIpc) is 2.70. The second kappa shape index (κ2) is 7.67. The molecule has 0 unspecified atom stereocenters. The van der Waals surface area contributed by atoms with E-state index in [1.54, 1.807) is 24.3 Å². The van der Waals surface area contributed by atoms with Crippen molar-refractivity contribution in [3.05, 3.63) is 87.4 Å². The zero-order valence-corrected chi connectivity index (χ0v) is 15.4. The van der Waals surface area contributed by atoms with Crippen molar-refractivity contribution in [1.82, 2.24) is 14.5 Å². The molecule has 0 saturated carbocycles. The van der Waals surface area contributed by atoms with Gasteiger partial charge < -0.3 is 4.57 Å². The summed E-state index contributed by atoms with van der Waals surface area (Å²) in [5, 5.41) is 0. The Morgan fingerprint density at radius 1 is 1.10 bits per heavy atom. The smallest absolute Gasteiger partial charge is 0.311 e. The maximum absolute atomic E-state index is 14.1. The zero-order valence-electron chi connectivity index (χ0n) is 15.4. The molecule has 0 radical (unpaired) electrons. The number of aromatic nitrogens is 3. The molecule has 10 heteroatoms. The minimum Gasteiger partial charge on any atom is -0.311 e. The molecule has 0 aliphatic heterocycles. The third kappa shape index (κ3) is 3.78. The molecular weight excluding hydrogens is 407 g/mol. The van der Waals surface area contributed by atoms with Crippen molar-refractivity contribution < 1.29 is 22.0 Å². The summed E-state index contributed by atoms with van der Waals surface area (Å²) in [6.07, 6.45) is -2.36. The van der Waals surface area contributed by atoms with E-state index in [2.05, 4.69) is 14.8 Å². The van der Waals surface area contributed by atoms with E-state index >= 15 is 0 Å². The van der Waals surface area contributed by atoms with Crippen molar-refractivity contribution >= 4 is 5.69 Å². The number of pyridine rings is 1. The van der Waals surface area contributed by atoms with E-state index in [-0.39, 0.29) is 17.9 Å². The number of benzene rings is 1. The van der Waals surface area contributed by atoms with Gasteiger partial charge in [-0.2, -0.15) is 22.0 Å². The van der Waals surface area contributed by atoms with E-state index in [9.17, 15) is 26.7 Å². The van der Waals surface area contributed by atoms with E-state index < -0.39 is 28.9 Å². The largest absolute Gasteiger partial charge is 0.456 e. The summed E-state index contributed by atoms with van der Waals surface area (Å²) in [6.45, 7) is 8.75. The van der Waals surface area contributed by atoms with E-state index in [1.165, 1.54) is 12.4 Å². The fourth-order valence-electron chi connectivity index (χ4n) is 2.81. The van der Waals surface area contributed by atoms with Crippen LogP contribution in [-0.4, -0.2) is 20.7 Å². The van der Waals surface area contributed by atoms with Crippen LogP contribution in [0, 0.1) is 13.5 Å². The first-order valence-electron chi connectivity index (χ1n) is 8.48. The molecule has 0 bridgehead atoms. The van der Waals surface area contributed by atoms with E-state index in [0.717, 1.165) is 16.3 Å². The second-order valence-corrected chi connectivity index (χ2v) is 6.44. The molecule has 2 aromatic heterocycles. The number of hydrogen-bond donors (Lipinski definition) is 0. The molecule has 30 heavy (non-hydrogen) atoms. The van der Waals surface area contributed by atoms with Crippen LogP contribution in [0.2, 0.25) is 0 Å². The number of alkyl halides is 5. The summed E-state index contributed by atoms with van der Waals surface area (Å²) < 4.78 is 68.2. The van der Waals surface area contributed by atoms with Crippen LogP contribution in [-0.2, 0) is 12.5 Å². The van der Waals surface area contributed by atoms with Crippen molar-refractivity contribution in [1.29, 1.82) is 0 Å². The predicted molar refractivity (Wildman–Crippen MR) is 98.2 cm³/mol. The van der Waals surface area contributed by atoms with E-state index in [4.69, 9.17) is 6.57 Å². The van der Waals surface area contributed by atoms with Crippen molar-refractivity contribution in [2.75, 3.05) is 0 Å². The van der Waals surface area contributed by atoms with Gasteiger partial charge in [0.05, 0.1) is 18.5 Å². The van der Waals surface area contributed by atoms with Gasteiger partial charge >= 0.3 is 12.1 Å². The molecule has 154 valence electrons. The first kappa shape index (κ1) is 21.1. The fraction of sp³-hybridized carbons (Fsp3) is 0.200. The maximum atomic E-state index is 14.1. The Morgan fingerprint density at radius 2 is 1.77 bits per heavy atom. The Hall–Kier alpha value is -3.61. The number of aryl methyl sites for hydroxylation is 1. The maximum Gasteiger partial charge on any atom is 0.456 e. The molecule has 0 saturated heterocycles. The van der Waals surface area contributed by atoms with Crippen molar-refractivity contribution in [3.63, 3.8) is 0 Å². The summed E-state index contributed by atoms with van der Waals surface area (Å²) in [5.41, 5.74) is -3.15. The van der Waals surface area contributed by atoms with Gasteiger partial charge in [0.25, 0.3) is 11.2 Å². The van der Waals surface area contributed by atoms with Crippen LogP contribution in [0.4, 0.5) is 27.6 Å². The molecule has 3 aromatic rings. The average molecular weight is 420 g/mol. The lowest BCUT2D eigenvalue weighted by Gasteiger charge is -2.23. The molecular formula is C20H13F5N4O. The Morgan fingerprint density at radius 3 is 2.30 bits per heavy atom. The van der Waals surface area contributed by atoms with Gasteiger partial charge in [-0.25, -0.2) is 4.85 Å². The van der Waals surface area contributed by atoms with Gasteiger partial charge in [0, 0.05) is 24.5 Å². The van der Waals surface area contributed by atoms with Gasteiger partial charge in [-0.05, 0) is 18.6 Å². The molecule has 0 spiro atoms. The number of hydrogen-bond acceptors (Lipinski definition) is 3. The molecule has 0 atom stereocenters. The van der Waals surface area contributed by atoms with Crippen LogP contribution in [0.25, 0.3) is 16.2 Å². The van der Waals surface area contributed by atoms with Crippen LogP contribution in [0.5, 0.6) is 0 Å². The van der Waals surface area contributed by atoms with Crippen LogP contribution in [0.15, 0.2) is 53.7 Å². The fourth-order valence-corrected chi connectivity index (χ4v) is 2.81. The molecule has 0 aliphatic rings. The van der Waals surface area contributed by atoms with Gasteiger partial charge in [0.1, 0.15) is 5.69 Å². The highest BCUT2D eigenvalue weighted by molar-refractivity contribution is 5.63. The highest BCUT2D eigenvalue weighted by atomic mass is 19.4. The molecule has 1 aromatic carbocycles. The lowest BCUT2D eigenvalue weighted by Crippen LogP contribution is -2.36. The summed E-state index contributed by atoms with van der Waals surface area (Å²) in [6, 6.07) is 7.35. The Kier molecular flexibility index (Phi) is 5.39.